The molecule has 1 unspecified atom stereocenters. The Balaban J connectivity index is 0.952. The van der Waals surface area contributed by atoms with Gasteiger partial charge in [0.2, 0.25) is 5.91 Å². The van der Waals surface area contributed by atoms with Crippen LogP contribution in [0, 0.1) is 13.8 Å². The van der Waals surface area contributed by atoms with Gasteiger partial charge in [-0.15, -0.1) is 5.10 Å². The quantitative estimate of drug-likeness (QED) is 0.162. The van der Waals surface area contributed by atoms with Crippen LogP contribution in [0.2, 0.25) is 0 Å². The SMILES string of the molecule is COc1ccc2ccccc2c1-c1cc(CNC(=O)[C@H]2CC(n3cc(-c4ccc(NC(=O)c5cnn6c(C)cc(C)nc56)cc4)nn3)CN2C(=O)OC(C)(C)C)on1. The first-order valence-corrected chi connectivity index (χ1v) is 18.8. The standard InChI is InChI=1S/C42H42N10O6/c1-24-17-25(2)52-38(45-24)32(21-44-52)39(53)46-28-14-11-27(12-15-28)34-23-51(49-47-34)29-18-35(50(22-29)41(55)57-42(3,4)5)40(54)43-20-30-19-33(48-58-30)37-31-10-8-7-9-26(31)13-16-36(37)56-6/h7-17,19,21,23,29,35H,18,20,22H2,1-6H3,(H,43,54)(H,46,53)/t29?,35-/m1/s1. The van der Waals surface area contributed by atoms with Crippen molar-refractivity contribution in [2.45, 2.75) is 65.3 Å². The number of aryl methyl sites for hydroxylation is 2. The molecule has 2 N–H and O–H groups in total. The van der Waals surface area contributed by atoms with Gasteiger partial charge in [0.05, 0.1) is 37.7 Å². The average Bonchev–Trinajstić information content (AvgIpc) is 4.02. The number of aromatic nitrogens is 7. The minimum absolute atomic E-state index is 0.0432. The Bertz CT molecular complexity index is 2670. The Labute approximate surface area is 333 Å². The molecule has 1 aliphatic rings. The minimum atomic E-state index is -0.855. The summed E-state index contributed by atoms with van der Waals surface area (Å²) in [6.45, 7) is 9.33. The summed E-state index contributed by atoms with van der Waals surface area (Å²) < 4.78 is 20.3. The molecular weight excluding hydrogens is 741 g/mol. The molecule has 0 saturated carbocycles. The van der Waals surface area contributed by atoms with E-state index in [1.54, 1.807) is 61.5 Å². The van der Waals surface area contributed by atoms with E-state index in [9.17, 15) is 14.4 Å². The number of hydrogen-bond acceptors (Lipinski definition) is 11. The van der Waals surface area contributed by atoms with Gasteiger partial charge in [0.15, 0.2) is 11.4 Å². The summed E-state index contributed by atoms with van der Waals surface area (Å²) in [7, 11) is 1.60. The third-order valence-corrected chi connectivity index (χ3v) is 9.92. The van der Waals surface area contributed by atoms with Crippen molar-refractivity contribution in [1.82, 2.24) is 45.0 Å². The van der Waals surface area contributed by atoms with Crippen molar-refractivity contribution in [2.75, 3.05) is 19.0 Å². The summed E-state index contributed by atoms with van der Waals surface area (Å²) >= 11 is 0. The molecule has 0 bridgehead atoms. The molecule has 4 aromatic heterocycles. The Kier molecular flexibility index (Phi) is 9.84. The molecule has 2 atom stereocenters. The fourth-order valence-corrected chi connectivity index (χ4v) is 7.21. The molecule has 3 amide bonds. The maximum absolute atomic E-state index is 13.8. The monoisotopic (exact) mass is 782 g/mol. The summed E-state index contributed by atoms with van der Waals surface area (Å²) in [6, 6.07) is 21.4. The number of carbonyl (C=O) groups excluding carboxylic acids is 3. The number of ether oxygens (including phenoxy) is 2. The number of nitrogens with one attached hydrogen (secondary N) is 2. The number of carbonyl (C=O) groups is 3. The predicted molar refractivity (Wildman–Crippen MR) is 214 cm³/mol. The molecule has 296 valence electrons. The Morgan fingerprint density at radius 3 is 2.55 bits per heavy atom. The lowest BCUT2D eigenvalue weighted by molar-refractivity contribution is -0.125. The van der Waals surface area contributed by atoms with E-state index in [2.05, 4.69) is 36.2 Å². The van der Waals surface area contributed by atoms with Crippen LogP contribution in [0.4, 0.5) is 10.5 Å². The average molecular weight is 783 g/mol. The largest absolute Gasteiger partial charge is 0.496 e. The van der Waals surface area contributed by atoms with Crippen molar-refractivity contribution in [2.24, 2.45) is 0 Å². The van der Waals surface area contributed by atoms with Gasteiger partial charge in [-0.1, -0.05) is 52.8 Å². The van der Waals surface area contributed by atoms with E-state index >= 15 is 0 Å². The van der Waals surface area contributed by atoms with Crippen molar-refractivity contribution >= 4 is 40.0 Å². The Morgan fingerprint density at radius 1 is 0.983 bits per heavy atom. The number of hydrogen-bond donors (Lipinski definition) is 2. The third kappa shape index (κ3) is 7.55. The van der Waals surface area contributed by atoms with Crippen molar-refractivity contribution in [3.05, 3.63) is 108 Å². The number of methoxy groups -OCH3 is 1. The lowest BCUT2D eigenvalue weighted by atomic mass is 10.0. The summed E-state index contributed by atoms with van der Waals surface area (Å²) in [5.74, 6) is 0.374. The highest BCUT2D eigenvalue weighted by Gasteiger charge is 2.42. The number of amides is 3. The molecule has 1 aliphatic heterocycles. The van der Waals surface area contributed by atoms with Crippen molar-refractivity contribution in [3.8, 4) is 28.3 Å². The molecule has 58 heavy (non-hydrogen) atoms. The molecule has 1 saturated heterocycles. The zero-order valence-corrected chi connectivity index (χ0v) is 32.9. The fraction of sp³-hybridized carbons (Fsp3) is 0.286. The van der Waals surface area contributed by atoms with Crippen LogP contribution in [0.15, 0.2) is 89.7 Å². The second-order valence-electron chi connectivity index (χ2n) is 15.2. The van der Waals surface area contributed by atoms with E-state index in [1.165, 1.54) is 11.1 Å². The first-order valence-electron chi connectivity index (χ1n) is 18.8. The zero-order valence-electron chi connectivity index (χ0n) is 32.9. The minimum Gasteiger partial charge on any atom is -0.496 e. The van der Waals surface area contributed by atoms with Gasteiger partial charge in [-0.3, -0.25) is 14.5 Å². The van der Waals surface area contributed by atoms with Gasteiger partial charge in [0.25, 0.3) is 5.91 Å². The molecule has 5 heterocycles. The second-order valence-corrected chi connectivity index (χ2v) is 15.2. The number of rotatable bonds is 9. The topological polar surface area (TPSA) is 184 Å². The van der Waals surface area contributed by atoms with E-state index in [0.717, 1.165) is 33.3 Å². The molecule has 0 spiro atoms. The molecule has 16 heteroatoms. The van der Waals surface area contributed by atoms with E-state index in [-0.39, 0.29) is 37.4 Å². The van der Waals surface area contributed by atoms with Gasteiger partial charge in [-0.25, -0.2) is 19.0 Å². The highest BCUT2D eigenvalue weighted by atomic mass is 16.6. The van der Waals surface area contributed by atoms with Crippen LogP contribution in [0.3, 0.4) is 0 Å². The summed E-state index contributed by atoms with van der Waals surface area (Å²) in [6.07, 6.45) is 2.95. The highest BCUT2D eigenvalue weighted by molar-refractivity contribution is 6.08. The van der Waals surface area contributed by atoms with Crippen LogP contribution in [-0.2, 0) is 16.1 Å². The number of nitrogens with zero attached hydrogens (tertiary/aromatic N) is 8. The number of likely N-dealkylation sites (tertiary alicyclic amines) is 1. The predicted octanol–water partition coefficient (Wildman–Crippen LogP) is 6.54. The van der Waals surface area contributed by atoms with Crippen molar-refractivity contribution in [3.63, 3.8) is 0 Å². The molecule has 0 radical (unpaired) electrons. The van der Waals surface area contributed by atoms with E-state index in [4.69, 9.17) is 14.0 Å². The highest BCUT2D eigenvalue weighted by Crippen LogP contribution is 2.37. The van der Waals surface area contributed by atoms with Crippen LogP contribution in [-0.4, -0.2) is 82.9 Å². The molecule has 0 aliphatic carbocycles. The van der Waals surface area contributed by atoms with Crippen molar-refractivity contribution < 1.29 is 28.4 Å². The van der Waals surface area contributed by atoms with Crippen molar-refractivity contribution in [1.29, 1.82) is 0 Å². The summed E-state index contributed by atoms with van der Waals surface area (Å²) in [5, 5.41) is 25.2. The maximum atomic E-state index is 13.8. The van der Waals surface area contributed by atoms with Crippen LogP contribution in [0.25, 0.3) is 38.9 Å². The molecule has 1 fully saturated rings. The van der Waals surface area contributed by atoms with E-state index in [0.29, 0.717) is 39.8 Å². The van der Waals surface area contributed by atoms with Crippen LogP contribution in [0.1, 0.15) is 60.7 Å². The summed E-state index contributed by atoms with van der Waals surface area (Å²) in [4.78, 5) is 46.4. The van der Waals surface area contributed by atoms with Gasteiger partial charge in [-0.2, -0.15) is 5.10 Å². The van der Waals surface area contributed by atoms with Crippen LogP contribution in [0.5, 0.6) is 5.75 Å². The molecule has 8 rings (SSSR count). The molecular formula is C42H42N10O6. The van der Waals surface area contributed by atoms with Crippen LogP contribution < -0.4 is 15.4 Å². The molecule has 7 aromatic rings. The van der Waals surface area contributed by atoms with E-state index in [1.807, 2.05) is 68.4 Å². The normalized spacial score (nSPS) is 15.5. The van der Waals surface area contributed by atoms with E-state index < -0.39 is 17.7 Å². The van der Waals surface area contributed by atoms with Gasteiger partial charge in [-0.05, 0) is 69.7 Å². The van der Waals surface area contributed by atoms with Crippen LogP contribution >= 0.6 is 0 Å². The first kappa shape index (κ1) is 37.8. The van der Waals surface area contributed by atoms with Gasteiger partial charge >= 0.3 is 6.09 Å². The zero-order chi connectivity index (χ0) is 40.7. The fourth-order valence-electron chi connectivity index (χ4n) is 7.21. The first-order chi connectivity index (χ1) is 27.8. The summed E-state index contributed by atoms with van der Waals surface area (Å²) in [5.41, 5.74) is 5.03. The smallest absolute Gasteiger partial charge is 0.411 e. The number of fused-ring (bicyclic) bond motifs is 2. The number of benzene rings is 3. The van der Waals surface area contributed by atoms with Gasteiger partial charge in [0, 0.05) is 41.7 Å². The van der Waals surface area contributed by atoms with Gasteiger partial charge < -0.3 is 24.6 Å². The lowest BCUT2D eigenvalue weighted by Crippen LogP contribution is -2.47. The number of anilines is 1. The second kappa shape index (κ2) is 15.1. The molecule has 16 nitrogen and oxygen atoms in total. The van der Waals surface area contributed by atoms with Gasteiger partial charge in [0.1, 0.15) is 34.3 Å². The Morgan fingerprint density at radius 2 is 1.78 bits per heavy atom. The maximum Gasteiger partial charge on any atom is 0.411 e. The third-order valence-electron chi connectivity index (χ3n) is 9.92. The Hall–Kier alpha value is -7.10. The molecule has 3 aromatic carbocycles. The lowest BCUT2D eigenvalue weighted by Gasteiger charge is -2.27.